The summed E-state index contributed by atoms with van der Waals surface area (Å²) in [5.41, 5.74) is 7.75. The summed E-state index contributed by atoms with van der Waals surface area (Å²) in [7, 11) is 0. The van der Waals surface area contributed by atoms with Gasteiger partial charge in [0.15, 0.2) is 0 Å². The third kappa shape index (κ3) is 3.53. The van der Waals surface area contributed by atoms with Gasteiger partial charge in [-0.15, -0.1) is 5.10 Å². The number of rotatable bonds is 3. The molecule has 0 N–H and O–H groups in total. The molecule has 0 saturated heterocycles. The molecule has 0 aliphatic heterocycles. The minimum atomic E-state index is 0.780. The first kappa shape index (κ1) is 17.1. The molecule has 1 unspecified atom stereocenters. The number of aromatic nitrogens is 2. The molecular weight excluding hydrogens is 292 g/mol. The highest BCUT2D eigenvalue weighted by molar-refractivity contribution is 5.65. The van der Waals surface area contributed by atoms with Crippen molar-refractivity contribution in [1.29, 1.82) is 0 Å². The Morgan fingerprint density at radius 3 is 2.42 bits per heavy atom. The Balaban J connectivity index is 1.98. The predicted molar refractivity (Wildman–Crippen MR) is 101 cm³/mol. The summed E-state index contributed by atoms with van der Waals surface area (Å²) in [6.45, 7) is 9.06. The molecule has 3 rings (SSSR count). The lowest BCUT2D eigenvalue weighted by Gasteiger charge is -2.26. The van der Waals surface area contributed by atoms with Crippen LogP contribution >= 0.6 is 0 Å². The summed E-state index contributed by atoms with van der Waals surface area (Å²) in [5, 5.41) is 9.10. The van der Waals surface area contributed by atoms with Crippen molar-refractivity contribution in [2.45, 2.75) is 66.2 Å². The minimum Gasteiger partial charge on any atom is -0.155 e. The Bertz CT molecular complexity index is 686. The van der Waals surface area contributed by atoms with E-state index in [1.54, 1.807) is 0 Å². The molecule has 0 fully saturated rings. The molecule has 0 bridgehead atoms. The van der Waals surface area contributed by atoms with Crippen molar-refractivity contribution in [2.75, 3.05) is 0 Å². The maximum atomic E-state index is 4.59. The van der Waals surface area contributed by atoms with E-state index in [0.717, 1.165) is 42.5 Å². The average Bonchev–Trinajstić information content (AvgIpc) is 2.56. The molecule has 1 atom stereocenters. The SMILES string of the molecule is CCc1ccc(-c2nnc(C)c3c2CCCC(C(C)C)CC3)cc1. The molecule has 24 heavy (non-hydrogen) atoms. The van der Waals surface area contributed by atoms with Crippen LogP contribution in [0.1, 0.15) is 62.4 Å². The molecule has 0 saturated carbocycles. The van der Waals surface area contributed by atoms with Gasteiger partial charge in [-0.25, -0.2) is 0 Å². The lowest BCUT2D eigenvalue weighted by molar-refractivity contribution is 0.323. The number of hydrogen-bond acceptors (Lipinski definition) is 2. The molecule has 1 heterocycles. The normalized spacial score (nSPS) is 18.1. The van der Waals surface area contributed by atoms with Crippen molar-refractivity contribution < 1.29 is 0 Å². The predicted octanol–water partition coefficient (Wildman–Crippen LogP) is 5.56. The van der Waals surface area contributed by atoms with Gasteiger partial charge in [-0.05, 0) is 74.0 Å². The second-order valence-electron chi connectivity index (χ2n) is 7.58. The Labute approximate surface area is 146 Å². The van der Waals surface area contributed by atoms with Crippen LogP contribution in [0.25, 0.3) is 11.3 Å². The summed E-state index contributed by atoms with van der Waals surface area (Å²) in [5.74, 6) is 1.63. The van der Waals surface area contributed by atoms with Crippen molar-refractivity contribution in [1.82, 2.24) is 10.2 Å². The number of aryl methyl sites for hydroxylation is 2. The third-order valence-electron chi connectivity index (χ3n) is 5.73. The van der Waals surface area contributed by atoms with Crippen molar-refractivity contribution >= 4 is 0 Å². The molecule has 0 amide bonds. The topological polar surface area (TPSA) is 25.8 Å². The van der Waals surface area contributed by atoms with Crippen molar-refractivity contribution in [3.8, 4) is 11.3 Å². The molecule has 0 spiro atoms. The van der Waals surface area contributed by atoms with Gasteiger partial charge in [-0.2, -0.15) is 5.10 Å². The van der Waals surface area contributed by atoms with Crippen molar-refractivity contribution in [3.63, 3.8) is 0 Å². The quantitative estimate of drug-likeness (QED) is 0.740. The van der Waals surface area contributed by atoms with E-state index in [4.69, 9.17) is 0 Å². The van der Waals surface area contributed by atoms with Gasteiger partial charge in [0, 0.05) is 5.56 Å². The maximum absolute atomic E-state index is 4.59. The molecular formula is C22H30N2. The molecule has 128 valence electrons. The Kier molecular flexibility index (Phi) is 5.33. The van der Waals surface area contributed by atoms with Crippen LogP contribution in [0.15, 0.2) is 24.3 Å². The van der Waals surface area contributed by atoms with E-state index in [-0.39, 0.29) is 0 Å². The molecule has 1 aromatic heterocycles. The van der Waals surface area contributed by atoms with Crippen LogP contribution in [0.3, 0.4) is 0 Å². The highest BCUT2D eigenvalue weighted by atomic mass is 15.1. The highest BCUT2D eigenvalue weighted by Crippen LogP contribution is 2.33. The first-order chi connectivity index (χ1) is 11.6. The summed E-state index contributed by atoms with van der Waals surface area (Å²) < 4.78 is 0. The van der Waals surface area contributed by atoms with Gasteiger partial charge in [0.1, 0.15) is 0 Å². The number of hydrogen-bond donors (Lipinski definition) is 0. The summed E-state index contributed by atoms with van der Waals surface area (Å²) >= 11 is 0. The monoisotopic (exact) mass is 322 g/mol. The largest absolute Gasteiger partial charge is 0.155 e. The second-order valence-corrected chi connectivity index (χ2v) is 7.58. The maximum Gasteiger partial charge on any atom is 0.0964 e. The van der Waals surface area contributed by atoms with E-state index in [1.807, 2.05) is 0 Å². The Morgan fingerprint density at radius 1 is 1.00 bits per heavy atom. The van der Waals surface area contributed by atoms with E-state index in [2.05, 4.69) is 62.2 Å². The van der Waals surface area contributed by atoms with Gasteiger partial charge >= 0.3 is 0 Å². The Morgan fingerprint density at radius 2 is 1.75 bits per heavy atom. The van der Waals surface area contributed by atoms with Crippen LogP contribution in [0.5, 0.6) is 0 Å². The fourth-order valence-electron chi connectivity index (χ4n) is 4.02. The van der Waals surface area contributed by atoms with E-state index < -0.39 is 0 Å². The number of nitrogens with zero attached hydrogens (tertiary/aromatic N) is 2. The molecule has 0 radical (unpaired) electrons. The van der Waals surface area contributed by atoms with Crippen LogP contribution in [-0.2, 0) is 19.3 Å². The molecule has 1 aliphatic rings. The Hall–Kier alpha value is -1.70. The first-order valence-electron chi connectivity index (χ1n) is 9.54. The van der Waals surface area contributed by atoms with Gasteiger partial charge < -0.3 is 0 Å². The zero-order chi connectivity index (χ0) is 17.1. The van der Waals surface area contributed by atoms with Gasteiger partial charge in [0.2, 0.25) is 0 Å². The van der Waals surface area contributed by atoms with E-state index in [9.17, 15) is 0 Å². The van der Waals surface area contributed by atoms with E-state index in [1.165, 1.54) is 41.5 Å². The molecule has 2 nitrogen and oxygen atoms in total. The number of fused-ring (bicyclic) bond motifs is 1. The molecule has 1 aliphatic carbocycles. The fraction of sp³-hybridized carbons (Fsp3) is 0.545. The average molecular weight is 322 g/mol. The lowest BCUT2D eigenvalue weighted by atomic mass is 9.80. The standard InChI is InChI=1S/C22H30N2/c1-5-17-9-11-19(12-10-17)22-21-8-6-7-18(15(2)3)13-14-20(21)16(4)23-24-22/h9-12,15,18H,5-8,13-14H2,1-4H3. The number of benzene rings is 1. The third-order valence-corrected chi connectivity index (χ3v) is 5.73. The van der Waals surface area contributed by atoms with Crippen LogP contribution < -0.4 is 0 Å². The smallest absolute Gasteiger partial charge is 0.0964 e. The molecule has 2 heteroatoms. The van der Waals surface area contributed by atoms with E-state index in [0.29, 0.717) is 0 Å². The first-order valence-corrected chi connectivity index (χ1v) is 9.54. The van der Waals surface area contributed by atoms with Crippen LogP contribution in [0.4, 0.5) is 0 Å². The minimum absolute atomic E-state index is 0.780. The summed E-state index contributed by atoms with van der Waals surface area (Å²) in [4.78, 5) is 0. The highest BCUT2D eigenvalue weighted by Gasteiger charge is 2.22. The van der Waals surface area contributed by atoms with E-state index >= 15 is 0 Å². The second kappa shape index (κ2) is 7.46. The van der Waals surface area contributed by atoms with Crippen molar-refractivity contribution in [3.05, 3.63) is 46.6 Å². The summed E-state index contributed by atoms with van der Waals surface area (Å²) in [6, 6.07) is 8.88. The van der Waals surface area contributed by atoms with Gasteiger partial charge in [-0.1, -0.05) is 45.0 Å². The molecule has 1 aromatic carbocycles. The van der Waals surface area contributed by atoms with Gasteiger partial charge in [0.05, 0.1) is 11.4 Å². The lowest BCUT2D eigenvalue weighted by Crippen LogP contribution is -2.16. The molecule has 2 aromatic rings. The van der Waals surface area contributed by atoms with Gasteiger partial charge in [-0.3, -0.25) is 0 Å². The fourth-order valence-corrected chi connectivity index (χ4v) is 4.02. The van der Waals surface area contributed by atoms with Gasteiger partial charge in [0.25, 0.3) is 0 Å². The summed E-state index contributed by atoms with van der Waals surface area (Å²) in [6.07, 6.45) is 7.26. The zero-order valence-electron chi connectivity index (χ0n) is 15.6. The van der Waals surface area contributed by atoms with Crippen molar-refractivity contribution in [2.24, 2.45) is 11.8 Å². The van der Waals surface area contributed by atoms with Crippen LogP contribution in [-0.4, -0.2) is 10.2 Å². The van der Waals surface area contributed by atoms with Crippen LogP contribution in [0, 0.1) is 18.8 Å². The van der Waals surface area contributed by atoms with Crippen LogP contribution in [0.2, 0.25) is 0 Å². The zero-order valence-corrected chi connectivity index (χ0v) is 15.6.